The molecule has 0 bridgehead atoms. The standard InChI is InChI=1S/C30H38N6O2S4/c37-25-23-19-7-1-4-10-22(19)42-28(23)36(29(39)31-25)14-6-12-34-17-15-33(16-18-34)11-5-13-35-27(38)24-20-8-2-3-9-21(20)41-26(24)32-30(35)40/h1-18H2,(H,32,40)(H,31,37,39). The number of nitrogens with zero attached hydrogens (tertiary/aromatic N) is 4. The van der Waals surface area contributed by atoms with Crippen LogP contribution in [0, 0.1) is 9.54 Å². The lowest BCUT2D eigenvalue weighted by atomic mass is 9.97. The molecule has 1 saturated heterocycles. The number of fused-ring (bicyclic) bond motifs is 6. The van der Waals surface area contributed by atoms with Gasteiger partial charge >= 0.3 is 0 Å². The number of rotatable bonds is 8. The molecule has 4 aromatic heterocycles. The molecule has 1 fully saturated rings. The number of hydrogen-bond donors (Lipinski definition) is 2. The van der Waals surface area contributed by atoms with E-state index in [9.17, 15) is 9.59 Å². The van der Waals surface area contributed by atoms with Crippen molar-refractivity contribution in [1.29, 1.82) is 0 Å². The molecule has 3 aliphatic rings. The molecule has 0 radical (unpaired) electrons. The minimum Gasteiger partial charge on any atom is -0.323 e. The first-order valence-electron chi connectivity index (χ1n) is 15.5. The molecule has 12 heteroatoms. The zero-order chi connectivity index (χ0) is 28.8. The molecule has 0 spiro atoms. The number of aryl methyl sites for hydroxylation is 5. The summed E-state index contributed by atoms with van der Waals surface area (Å²) in [5, 5.41) is 1.77. The third kappa shape index (κ3) is 5.43. The van der Waals surface area contributed by atoms with Gasteiger partial charge in [-0.25, -0.2) is 0 Å². The topological polar surface area (TPSA) is 82.1 Å². The van der Waals surface area contributed by atoms with Crippen LogP contribution in [0.4, 0.5) is 0 Å². The summed E-state index contributed by atoms with van der Waals surface area (Å²) in [5.41, 5.74) is 2.62. The molecule has 4 aromatic rings. The number of aromatic amines is 2. The second-order valence-electron chi connectivity index (χ2n) is 12.0. The average Bonchev–Trinajstić information content (AvgIpc) is 3.56. The minimum absolute atomic E-state index is 0.0142. The van der Waals surface area contributed by atoms with Crippen LogP contribution in [0.5, 0.6) is 0 Å². The first-order chi connectivity index (χ1) is 20.5. The Hall–Kier alpha value is -1.96. The van der Waals surface area contributed by atoms with Crippen LogP contribution in [0.15, 0.2) is 9.59 Å². The van der Waals surface area contributed by atoms with E-state index in [4.69, 9.17) is 24.4 Å². The van der Waals surface area contributed by atoms with Crippen molar-refractivity contribution < 1.29 is 0 Å². The van der Waals surface area contributed by atoms with E-state index < -0.39 is 0 Å². The first-order valence-corrected chi connectivity index (χ1v) is 17.9. The molecule has 224 valence electrons. The van der Waals surface area contributed by atoms with Crippen molar-refractivity contribution in [3.05, 3.63) is 51.1 Å². The predicted octanol–water partition coefficient (Wildman–Crippen LogP) is 5.41. The highest BCUT2D eigenvalue weighted by Gasteiger charge is 2.22. The lowest BCUT2D eigenvalue weighted by molar-refractivity contribution is 0.128. The Kier molecular flexibility index (Phi) is 8.36. The van der Waals surface area contributed by atoms with E-state index in [2.05, 4.69) is 24.3 Å². The minimum atomic E-state index is -0.0142. The number of nitrogens with one attached hydrogen (secondary N) is 2. The maximum Gasteiger partial charge on any atom is 0.263 e. The molecular formula is C30H38N6O2S4. The van der Waals surface area contributed by atoms with Crippen LogP contribution in [0.1, 0.15) is 59.4 Å². The maximum atomic E-state index is 13.4. The normalized spacial score (nSPS) is 18.1. The molecule has 1 aliphatic heterocycles. The number of aromatic nitrogens is 4. The molecule has 0 aromatic carbocycles. The van der Waals surface area contributed by atoms with Gasteiger partial charge in [0.1, 0.15) is 9.66 Å². The van der Waals surface area contributed by atoms with E-state index in [0.717, 1.165) is 105 Å². The molecule has 0 atom stereocenters. The molecule has 2 N–H and O–H groups in total. The van der Waals surface area contributed by atoms with E-state index in [1.54, 1.807) is 27.2 Å². The van der Waals surface area contributed by atoms with Crippen LogP contribution >= 0.6 is 47.1 Å². The quantitative estimate of drug-likeness (QED) is 0.250. The van der Waals surface area contributed by atoms with Gasteiger partial charge in [-0.1, -0.05) is 0 Å². The largest absolute Gasteiger partial charge is 0.323 e. The molecule has 0 saturated carbocycles. The fourth-order valence-electron chi connectivity index (χ4n) is 7.11. The fourth-order valence-corrected chi connectivity index (χ4v) is 10.5. The number of piperazine rings is 1. The van der Waals surface area contributed by atoms with E-state index in [1.807, 2.05) is 0 Å². The third-order valence-electron chi connectivity index (χ3n) is 9.36. The van der Waals surface area contributed by atoms with Crippen molar-refractivity contribution in [3.63, 3.8) is 0 Å². The summed E-state index contributed by atoms with van der Waals surface area (Å²) in [7, 11) is 0. The Balaban J connectivity index is 0.918. The van der Waals surface area contributed by atoms with Crippen LogP contribution < -0.4 is 11.1 Å². The monoisotopic (exact) mass is 642 g/mol. The van der Waals surface area contributed by atoms with Crippen molar-refractivity contribution in [3.8, 4) is 0 Å². The average molecular weight is 643 g/mol. The molecule has 2 aliphatic carbocycles. The van der Waals surface area contributed by atoms with Gasteiger partial charge in [-0.2, -0.15) is 0 Å². The van der Waals surface area contributed by atoms with E-state index in [-0.39, 0.29) is 11.1 Å². The van der Waals surface area contributed by atoms with Crippen LogP contribution in [0.3, 0.4) is 0 Å². The van der Waals surface area contributed by atoms with Gasteiger partial charge in [0.2, 0.25) is 0 Å². The number of hydrogen-bond acceptors (Lipinski definition) is 8. The van der Waals surface area contributed by atoms with Crippen LogP contribution in [-0.2, 0) is 38.8 Å². The summed E-state index contributed by atoms with van der Waals surface area (Å²) >= 11 is 14.7. The molecule has 42 heavy (non-hydrogen) atoms. The first kappa shape index (κ1) is 28.8. The second kappa shape index (κ2) is 12.2. The predicted molar refractivity (Wildman–Crippen MR) is 178 cm³/mol. The number of thiophene rings is 2. The lowest BCUT2D eigenvalue weighted by Gasteiger charge is -2.34. The van der Waals surface area contributed by atoms with Crippen LogP contribution in [0.25, 0.3) is 20.4 Å². The molecule has 8 nitrogen and oxygen atoms in total. The highest BCUT2D eigenvalue weighted by molar-refractivity contribution is 7.71. The number of H-pyrrole nitrogens is 2. The smallest absolute Gasteiger partial charge is 0.263 e. The van der Waals surface area contributed by atoms with Gasteiger partial charge in [-0.15, -0.1) is 22.7 Å². The molecular weight excluding hydrogens is 605 g/mol. The van der Waals surface area contributed by atoms with Crippen molar-refractivity contribution >= 4 is 67.5 Å². The van der Waals surface area contributed by atoms with Crippen molar-refractivity contribution in [2.45, 2.75) is 77.3 Å². The summed E-state index contributed by atoms with van der Waals surface area (Å²) in [5.74, 6) is 0. The van der Waals surface area contributed by atoms with Crippen molar-refractivity contribution in [2.75, 3.05) is 39.3 Å². The van der Waals surface area contributed by atoms with Crippen molar-refractivity contribution in [2.24, 2.45) is 0 Å². The fraction of sp³-hybridized carbons (Fsp3) is 0.600. The van der Waals surface area contributed by atoms with Crippen LogP contribution in [0.2, 0.25) is 0 Å². The van der Waals surface area contributed by atoms with Gasteiger partial charge in [-0.3, -0.25) is 19.1 Å². The zero-order valence-electron chi connectivity index (χ0n) is 24.0. The highest BCUT2D eigenvalue weighted by atomic mass is 32.1. The highest BCUT2D eigenvalue weighted by Crippen LogP contribution is 2.35. The Morgan fingerprint density at radius 2 is 1.19 bits per heavy atom. The van der Waals surface area contributed by atoms with E-state index in [1.165, 1.54) is 46.6 Å². The SMILES string of the molecule is O=c1[nH]c(=S)n(CCCN2CCN(CCCn3c(=S)[nH]c4sc5c(c4c3=O)CCCC5)CC2)c2sc3c(c12)CCCC3. The Morgan fingerprint density at radius 3 is 1.86 bits per heavy atom. The van der Waals surface area contributed by atoms with Crippen LogP contribution in [-0.4, -0.2) is 68.2 Å². The van der Waals surface area contributed by atoms with E-state index in [0.29, 0.717) is 16.1 Å². The van der Waals surface area contributed by atoms with Crippen molar-refractivity contribution in [1.82, 2.24) is 28.9 Å². The Bertz CT molecular complexity index is 1870. The summed E-state index contributed by atoms with van der Waals surface area (Å²) < 4.78 is 5.06. The second-order valence-corrected chi connectivity index (χ2v) is 15.0. The zero-order valence-corrected chi connectivity index (χ0v) is 27.2. The molecule has 0 unspecified atom stereocenters. The summed E-state index contributed by atoms with van der Waals surface area (Å²) in [6.45, 7) is 7.67. The summed E-state index contributed by atoms with van der Waals surface area (Å²) in [6, 6.07) is 0. The molecule has 7 rings (SSSR count). The van der Waals surface area contributed by atoms with Gasteiger partial charge < -0.3 is 19.4 Å². The third-order valence-corrected chi connectivity index (χ3v) is 12.5. The molecule has 5 heterocycles. The van der Waals surface area contributed by atoms with Gasteiger partial charge in [0, 0.05) is 49.0 Å². The summed E-state index contributed by atoms with van der Waals surface area (Å²) in [4.78, 5) is 42.3. The van der Waals surface area contributed by atoms with Gasteiger partial charge in [-0.05, 0) is 113 Å². The van der Waals surface area contributed by atoms with Gasteiger partial charge in [0.15, 0.2) is 9.54 Å². The maximum absolute atomic E-state index is 13.4. The Morgan fingerprint density at radius 1 is 0.643 bits per heavy atom. The summed E-state index contributed by atoms with van der Waals surface area (Å²) in [6.07, 6.45) is 10.9. The van der Waals surface area contributed by atoms with E-state index >= 15 is 0 Å². The Labute approximate surface area is 263 Å². The molecule has 0 amide bonds. The lowest BCUT2D eigenvalue weighted by Crippen LogP contribution is -2.47. The van der Waals surface area contributed by atoms with Gasteiger partial charge in [0.05, 0.1) is 10.8 Å². The van der Waals surface area contributed by atoms with Gasteiger partial charge in [0.25, 0.3) is 11.1 Å².